The predicted molar refractivity (Wildman–Crippen MR) is 81.5 cm³/mol. The molecule has 8 nitrogen and oxygen atoms in total. The van der Waals surface area contributed by atoms with Crippen molar-refractivity contribution >= 4 is 34.3 Å². The van der Waals surface area contributed by atoms with Gasteiger partial charge in [0, 0.05) is 6.07 Å². The number of aliphatic hydroxyl groups excluding tert-OH is 1. The smallest absolute Gasteiger partial charge is 0.340 e. The van der Waals surface area contributed by atoms with E-state index in [0.717, 1.165) is 12.1 Å². The number of esters is 1. The number of aliphatic hydroxyl groups is 1. The van der Waals surface area contributed by atoms with Gasteiger partial charge in [0.1, 0.15) is 22.3 Å². The second kappa shape index (κ2) is 5.09. The summed E-state index contributed by atoms with van der Waals surface area (Å²) in [4.78, 5) is 42.6. The van der Waals surface area contributed by atoms with Gasteiger partial charge in [-0.15, -0.1) is 0 Å². The van der Waals surface area contributed by atoms with Gasteiger partial charge in [-0.1, -0.05) is 0 Å². The van der Waals surface area contributed by atoms with Crippen LogP contribution < -0.4 is 16.1 Å². The summed E-state index contributed by atoms with van der Waals surface area (Å²) in [7, 11) is 1.18. The topological polar surface area (TPSA) is 130 Å². The summed E-state index contributed by atoms with van der Waals surface area (Å²) < 4.78 is 4.64. The molecular formula is C15H10N2O6. The third kappa shape index (κ3) is 2.08. The Morgan fingerprint density at radius 3 is 2.61 bits per heavy atom. The molecule has 0 radical (unpaired) electrons. The summed E-state index contributed by atoms with van der Waals surface area (Å²) in [6, 6.07) is 3.31. The van der Waals surface area contributed by atoms with E-state index in [4.69, 9.17) is 0 Å². The van der Waals surface area contributed by atoms with Crippen LogP contribution in [0.2, 0.25) is 0 Å². The number of nitrogens with one attached hydrogen (secondary N) is 1. The van der Waals surface area contributed by atoms with E-state index in [0.29, 0.717) is 6.26 Å². The molecule has 0 saturated heterocycles. The van der Waals surface area contributed by atoms with Crippen LogP contribution in [0.15, 0.2) is 27.8 Å². The highest BCUT2D eigenvalue weighted by Crippen LogP contribution is 2.16. The molecule has 0 atom stereocenters. The number of aromatic nitrogens is 2. The van der Waals surface area contributed by atoms with E-state index in [1.165, 1.54) is 13.2 Å². The van der Waals surface area contributed by atoms with Crippen molar-refractivity contribution in [3.05, 3.63) is 49.4 Å². The third-order valence-corrected chi connectivity index (χ3v) is 3.43. The number of hydrogen-bond donors (Lipinski definition) is 3. The fourth-order valence-electron chi connectivity index (χ4n) is 2.34. The molecule has 0 amide bonds. The zero-order valence-corrected chi connectivity index (χ0v) is 11.8. The number of carbonyl (C=O) groups is 1. The van der Waals surface area contributed by atoms with E-state index in [1.807, 2.05) is 0 Å². The molecule has 1 aromatic heterocycles. The summed E-state index contributed by atoms with van der Waals surface area (Å²) in [6.45, 7) is 0. The van der Waals surface area contributed by atoms with E-state index in [2.05, 4.69) is 14.7 Å². The molecule has 23 heavy (non-hydrogen) atoms. The number of aromatic amines is 1. The molecule has 0 aliphatic heterocycles. The Kier molecular flexibility index (Phi) is 3.21. The van der Waals surface area contributed by atoms with Gasteiger partial charge in [-0.3, -0.25) is 9.59 Å². The first kappa shape index (κ1) is 14.5. The van der Waals surface area contributed by atoms with Crippen molar-refractivity contribution in [3.63, 3.8) is 0 Å². The SMILES string of the molecule is COC(=O)c1ccc(=O)c2nc3c(=CO)c(O)cc(=O)c3[nH]c12. The van der Waals surface area contributed by atoms with Crippen molar-refractivity contribution < 1.29 is 19.7 Å². The van der Waals surface area contributed by atoms with Gasteiger partial charge in [0.2, 0.25) is 10.9 Å². The van der Waals surface area contributed by atoms with Gasteiger partial charge < -0.3 is 19.9 Å². The van der Waals surface area contributed by atoms with Crippen molar-refractivity contribution in [1.29, 1.82) is 0 Å². The van der Waals surface area contributed by atoms with E-state index in [-0.39, 0.29) is 32.8 Å². The second-order valence-electron chi connectivity index (χ2n) is 4.72. The first-order chi connectivity index (χ1) is 11.0. The van der Waals surface area contributed by atoms with Gasteiger partial charge in [0.25, 0.3) is 0 Å². The van der Waals surface area contributed by atoms with Crippen LogP contribution in [0.1, 0.15) is 10.4 Å². The molecule has 0 fully saturated rings. The van der Waals surface area contributed by atoms with Gasteiger partial charge in [0.15, 0.2) is 0 Å². The number of fused-ring (bicyclic) bond motifs is 2. The van der Waals surface area contributed by atoms with Crippen molar-refractivity contribution in [2.75, 3.05) is 7.11 Å². The fraction of sp³-hybridized carbons (Fsp3) is 0.0667. The number of phenolic OH excluding ortho intramolecular Hbond substituents is 1. The molecule has 0 saturated carbocycles. The molecule has 0 aliphatic rings. The third-order valence-electron chi connectivity index (χ3n) is 3.43. The molecule has 2 aromatic carbocycles. The van der Waals surface area contributed by atoms with Gasteiger partial charge in [-0.25, -0.2) is 9.78 Å². The Morgan fingerprint density at radius 2 is 1.96 bits per heavy atom. The van der Waals surface area contributed by atoms with Crippen molar-refractivity contribution in [2.45, 2.75) is 0 Å². The molecule has 0 aliphatic carbocycles. The Morgan fingerprint density at radius 1 is 1.22 bits per heavy atom. The molecular weight excluding hydrogens is 304 g/mol. The van der Waals surface area contributed by atoms with Crippen molar-refractivity contribution in [3.8, 4) is 5.75 Å². The summed E-state index contributed by atoms with van der Waals surface area (Å²) in [6.07, 6.45) is 0.582. The Bertz CT molecular complexity index is 1130. The lowest BCUT2D eigenvalue weighted by Gasteiger charge is -2.06. The zero-order valence-electron chi connectivity index (χ0n) is 11.8. The Balaban J connectivity index is 2.63. The molecule has 1 heterocycles. The Labute approximate surface area is 127 Å². The molecule has 3 N–H and O–H groups in total. The van der Waals surface area contributed by atoms with Crippen molar-refractivity contribution in [2.24, 2.45) is 0 Å². The molecule has 3 aromatic rings. The lowest BCUT2D eigenvalue weighted by atomic mass is 10.1. The zero-order chi connectivity index (χ0) is 16.7. The summed E-state index contributed by atoms with van der Waals surface area (Å²) in [5.74, 6) is -1.17. The predicted octanol–water partition coefficient (Wildman–Crippen LogP) is -0.0564. The fourth-order valence-corrected chi connectivity index (χ4v) is 2.34. The summed E-state index contributed by atoms with van der Waals surface area (Å²) in [5.41, 5.74) is -1.28. The maximum Gasteiger partial charge on any atom is 0.340 e. The van der Waals surface area contributed by atoms with Gasteiger partial charge >= 0.3 is 5.97 Å². The van der Waals surface area contributed by atoms with E-state index < -0.39 is 22.6 Å². The average molecular weight is 314 g/mol. The van der Waals surface area contributed by atoms with Crippen LogP contribution in [0.5, 0.6) is 5.75 Å². The largest absolute Gasteiger partial charge is 0.515 e. The quantitative estimate of drug-likeness (QED) is 0.424. The first-order valence-corrected chi connectivity index (χ1v) is 6.43. The Hall–Kier alpha value is -3.42. The molecule has 8 heteroatoms. The average Bonchev–Trinajstić information content (AvgIpc) is 2.54. The van der Waals surface area contributed by atoms with Crippen LogP contribution >= 0.6 is 0 Å². The number of H-pyrrole nitrogens is 1. The number of benzene rings is 2. The van der Waals surface area contributed by atoms with Crippen LogP contribution in [-0.2, 0) is 4.74 Å². The minimum absolute atomic E-state index is 0.0403. The number of carbonyl (C=O) groups excluding carboxylic acids is 1. The molecule has 0 bridgehead atoms. The summed E-state index contributed by atoms with van der Waals surface area (Å²) >= 11 is 0. The number of methoxy groups -OCH3 is 1. The van der Waals surface area contributed by atoms with E-state index in [9.17, 15) is 24.6 Å². The molecule has 0 unspecified atom stereocenters. The number of ether oxygens (including phenoxy) is 1. The van der Waals surface area contributed by atoms with Crippen LogP contribution in [0.3, 0.4) is 0 Å². The second-order valence-corrected chi connectivity index (χ2v) is 4.72. The van der Waals surface area contributed by atoms with E-state index >= 15 is 0 Å². The maximum atomic E-state index is 12.0. The van der Waals surface area contributed by atoms with Crippen LogP contribution in [0, 0.1) is 0 Å². The number of rotatable bonds is 1. The van der Waals surface area contributed by atoms with Crippen molar-refractivity contribution in [1.82, 2.24) is 9.97 Å². The van der Waals surface area contributed by atoms with Crippen LogP contribution in [0.4, 0.5) is 0 Å². The van der Waals surface area contributed by atoms with Gasteiger partial charge in [-0.2, -0.15) is 0 Å². The van der Waals surface area contributed by atoms with Gasteiger partial charge in [0.05, 0.1) is 29.7 Å². The lowest BCUT2D eigenvalue weighted by molar-refractivity contribution is 0.0602. The number of aromatic hydroxyl groups is 1. The molecule has 0 spiro atoms. The summed E-state index contributed by atoms with van der Waals surface area (Å²) in [5, 5.41) is 18.8. The maximum absolute atomic E-state index is 12.0. The number of nitrogens with zero attached hydrogens (tertiary/aromatic N) is 1. The van der Waals surface area contributed by atoms with E-state index in [1.54, 1.807) is 0 Å². The highest BCUT2D eigenvalue weighted by Gasteiger charge is 2.16. The lowest BCUT2D eigenvalue weighted by Crippen LogP contribution is -2.17. The normalized spacial score (nSPS) is 12.0. The first-order valence-electron chi connectivity index (χ1n) is 6.43. The molecule has 3 rings (SSSR count). The van der Waals surface area contributed by atoms with Gasteiger partial charge in [-0.05, 0) is 12.1 Å². The van der Waals surface area contributed by atoms with Crippen LogP contribution in [0.25, 0.3) is 28.3 Å². The minimum Gasteiger partial charge on any atom is -0.515 e. The monoisotopic (exact) mass is 314 g/mol. The number of hydrogen-bond acceptors (Lipinski definition) is 7. The molecule has 116 valence electrons. The van der Waals surface area contributed by atoms with Crippen LogP contribution in [-0.4, -0.2) is 33.3 Å². The number of phenols is 1. The highest BCUT2D eigenvalue weighted by atomic mass is 16.5. The minimum atomic E-state index is -0.701. The highest BCUT2D eigenvalue weighted by molar-refractivity contribution is 6.03. The standard InChI is InChI=1S/C15H10N2O6/c1-23-15(22)6-2-3-8(19)13-11(6)16-14-10(21)4-9(20)7(5-18)12(14)17-13/h2-5,16,18,20H,1H3.